The number of benzene rings is 1. The molecule has 2 N–H and O–H groups in total. The monoisotopic (exact) mass is 285 g/mol. The molecule has 0 aliphatic heterocycles. The molecule has 0 saturated carbocycles. The molecule has 0 bridgehead atoms. The van der Waals surface area contributed by atoms with Crippen LogP contribution in [0.4, 0.5) is 5.69 Å². The Kier molecular flexibility index (Phi) is 6.09. The number of hydrogen-bond donors (Lipinski definition) is 1. The topological polar surface area (TPSA) is 52.3 Å². The molecule has 5 heteroatoms. The third-order valence-electron chi connectivity index (χ3n) is 2.35. The van der Waals surface area contributed by atoms with Gasteiger partial charge in [0.05, 0.1) is 12.1 Å². The maximum atomic E-state index is 11.4. The van der Waals surface area contributed by atoms with Gasteiger partial charge in [0.2, 0.25) is 0 Å². The standard InChI is InChI=1S/C13H16ClNO2S/c1-3-9(13(16)17-2)6-7-18-12-8-10(15)4-5-11(12)14/h4-6,8H,3,7,15H2,1-2H3. The van der Waals surface area contributed by atoms with Crippen molar-refractivity contribution in [2.45, 2.75) is 18.2 Å². The van der Waals surface area contributed by atoms with Crippen LogP contribution < -0.4 is 5.73 Å². The van der Waals surface area contributed by atoms with Gasteiger partial charge in [-0.05, 0) is 24.6 Å². The highest BCUT2D eigenvalue weighted by Gasteiger charge is 2.06. The van der Waals surface area contributed by atoms with E-state index in [1.165, 1.54) is 18.9 Å². The van der Waals surface area contributed by atoms with Crippen LogP contribution in [0.25, 0.3) is 0 Å². The van der Waals surface area contributed by atoms with Gasteiger partial charge in [0, 0.05) is 21.9 Å². The van der Waals surface area contributed by atoms with E-state index in [0.717, 1.165) is 4.90 Å². The Bertz CT molecular complexity index is 460. The van der Waals surface area contributed by atoms with Crippen molar-refractivity contribution in [1.29, 1.82) is 0 Å². The minimum atomic E-state index is -0.281. The molecule has 0 fully saturated rings. The summed E-state index contributed by atoms with van der Waals surface area (Å²) in [5.41, 5.74) is 7.04. The van der Waals surface area contributed by atoms with Gasteiger partial charge in [0.25, 0.3) is 0 Å². The summed E-state index contributed by atoms with van der Waals surface area (Å²) in [7, 11) is 1.38. The van der Waals surface area contributed by atoms with E-state index in [4.69, 9.17) is 17.3 Å². The molecule has 1 aromatic rings. The Morgan fingerprint density at radius 1 is 1.56 bits per heavy atom. The molecule has 0 aliphatic rings. The van der Waals surface area contributed by atoms with Gasteiger partial charge in [-0.1, -0.05) is 24.6 Å². The lowest BCUT2D eigenvalue weighted by Crippen LogP contribution is -2.04. The number of carbonyl (C=O) groups excluding carboxylic acids is 1. The SMILES string of the molecule is CCC(=CCSc1cc(N)ccc1Cl)C(=O)OC. The molecule has 18 heavy (non-hydrogen) atoms. The Hall–Kier alpha value is -1.13. The van der Waals surface area contributed by atoms with Crippen LogP contribution in [-0.2, 0) is 9.53 Å². The summed E-state index contributed by atoms with van der Waals surface area (Å²) in [5.74, 6) is 0.373. The molecule has 0 spiro atoms. The zero-order chi connectivity index (χ0) is 13.5. The van der Waals surface area contributed by atoms with Crippen molar-refractivity contribution >= 4 is 35.0 Å². The fraction of sp³-hybridized carbons (Fsp3) is 0.308. The average Bonchev–Trinajstić information content (AvgIpc) is 2.37. The van der Waals surface area contributed by atoms with E-state index in [1.54, 1.807) is 12.1 Å². The number of esters is 1. The van der Waals surface area contributed by atoms with Crippen molar-refractivity contribution in [2.75, 3.05) is 18.6 Å². The van der Waals surface area contributed by atoms with Gasteiger partial charge in [-0.25, -0.2) is 4.79 Å². The number of ether oxygens (including phenoxy) is 1. The van der Waals surface area contributed by atoms with E-state index < -0.39 is 0 Å². The lowest BCUT2D eigenvalue weighted by atomic mass is 10.2. The zero-order valence-corrected chi connectivity index (χ0v) is 12.0. The summed E-state index contributed by atoms with van der Waals surface area (Å²) in [5, 5.41) is 0.665. The number of anilines is 1. The van der Waals surface area contributed by atoms with Crippen LogP contribution in [0.3, 0.4) is 0 Å². The van der Waals surface area contributed by atoms with Gasteiger partial charge in [0.15, 0.2) is 0 Å². The van der Waals surface area contributed by atoms with Crippen molar-refractivity contribution in [3.05, 3.63) is 34.9 Å². The van der Waals surface area contributed by atoms with Crippen LogP contribution in [0.2, 0.25) is 5.02 Å². The molecule has 0 radical (unpaired) electrons. The highest BCUT2D eigenvalue weighted by molar-refractivity contribution is 7.99. The molecule has 1 aromatic carbocycles. The van der Waals surface area contributed by atoms with Gasteiger partial charge in [-0.2, -0.15) is 0 Å². The van der Waals surface area contributed by atoms with Crippen LogP contribution >= 0.6 is 23.4 Å². The van der Waals surface area contributed by atoms with Crippen molar-refractivity contribution in [2.24, 2.45) is 0 Å². The maximum absolute atomic E-state index is 11.4. The minimum absolute atomic E-state index is 0.281. The molecular weight excluding hydrogens is 270 g/mol. The summed E-state index contributed by atoms with van der Waals surface area (Å²) in [6, 6.07) is 5.35. The number of carbonyl (C=O) groups is 1. The predicted molar refractivity (Wildman–Crippen MR) is 77.0 cm³/mol. The van der Waals surface area contributed by atoms with Gasteiger partial charge >= 0.3 is 5.97 Å². The average molecular weight is 286 g/mol. The highest BCUT2D eigenvalue weighted by Crippen LogP contribution is 2.29. The molecule has 0 heterocycles. The number of hydrogen-bond acceptors (Lipinski definition) is 4. The number of rotatable bonds is 5. The number of nitrogen functional groups attached to an aromatic ring is 1. The smallest absolute Gasteiger partial charge is 0.333 e. The van der Waals surface area contributed by atoms with Crippen LogP contribution in [0.1, 0.15) is 13.3 Å². The molecular formula is C13H16ClNO2S. The first-order valence-corrected chi connectivity index (χ1v) is 6.90. The van der Waals surface area contributed by atoms with E-state index in [2.05, 4.69) is 4.74 Å². The quantitative estimate of drug-likeness (QED) is 0.389. The summed E-state index contributed by atoms with van der Waals surface area (Å²) >= 11 is 7.58. The number of methoxy groups -OCH3 is 1. The largest absolute Gasteiger partial charge is 0.466 e. The second-order valence-electron chi connectivity index (χ2n) is 3.58. The predicted octanol–water partition coefficient (Wildman–Crippen LogP) is 3.52. The number of halogens is 1. The lowest BCUT2D eigenvalue weighted by Gasteiger charge is -2.05. The van der Waals surface area contributed by atoms with Crippen molar-refractivity contribution in [1.82, 2.24) is 0 Å². The fourth-order valence-electron chi connectivity index (χ4n) is 1.37. The first kappa shape index (κ1) is 14.9. The van der Waals surface area contributed by atoms with Crippen molar-refractivity contribution in [3.8, 4) is 0 Å². The first-order chi connectivity index (χ1) is 8.58. The normalized spacial score (nSPS) is 11.4. The summed E-state index contributed by atoms with van der Waals surface area (Å²) in [4.78, 5) is 12.3. The van der Waals surface area contributed by atoms with E-state index in [-0.39, 0.29) is 5.97 Å². The Morgan fingerprint density at radius 3 is 2.89 bits per heavy atom. The lowest BCUT2D eigenvalue weighted by molar-refractivity contribution is -0.136. The van der Waals surface area contributed by atoms with Gasteiger partial charge in [-0.3, -0.25) is 0 Å². The Balaban J connectivity index is 2.67. The van der Waals surface area contributed by atoms with Crippen molar-refractivity contribution in [3.63, 3.8) is 0 Å². The van der Waals surface area contributed by atoms with Gasteiger partial charge < -0.3 is 10.5 Å². The number of nitrogens with two attached hydrogens (primary N) is 1. The van der Waals surface area contributed by atoms with Gasteiger partial charge in [0.1, 0.15) is 0 Å². The molecule has 1 rings (SSSR count). The molecule has 0 aliphatic carbocycles. The van der Waals surface area contributed by atoms with Crippen LogP contribution in [0, 0.1) is 0 Å². The second kappa shape index (κ2) is 7.34. The molecule has 0 atom stereocenters. The first-order valence-electron chi connectivity index (χ1n) is 5.53. The van der Waals surface area contributed by atoms with E-state index in [9.17, 15) is 4.79 Å². The van der Waals surface area contributed by atoms with Crippen molar-refractivity contribution < 1.29 is 9.53 Å². The summed E-state index contributed by atoms with van der Waals surface area (Å²) in [6.45, 7) is 1.92. The molecule has 3 nitrogen and oxygen atoms in total. The third-order valence-corrected chi connectivity index (χ3v) is 3.78. The molecule has 0 unspecified atom stereocenters. The van der Waals surface area contributed by atoms with E-state index in [0.29, 0.717) is 28.5 Å². The Labute approximate surface area is 116 Å². The third kappa shape index (κ3) is 4.27. The van der Waals surface area contributed by atoms with Crippen LogP contribution in [-0.4, -0.2) is 18.8 Å². The van der Waals surface area contributed by atoms with E-state index in [1.807, 2.05) is 19.1 Å². The number of thioether (sulfide) groups is 1. The van der Waals surface area contributed by atoms with Crippen LogP contribution in [0.15, 0.2) is 34.7 Å². The summed E-state index contributed by atoms with van der Waals surface area (Å²) < 4.78 is 4.69. The van der Waals surface area contributed by atoms with Crippen LogP contribution in [0.5, 0.6) is 0 Å². The maximum Gasteiger partial charge on any atom is 0.333 e. The molecule has 0 amide bonds. The minimum Gasteiger partial charge on any atom is -0.466 e. The molecule has 0 saturated heterocycles. The summed E-state index contributed by atoms with van der Waals surface area (Å²) in [6.07, 6.45) is 2.51. The fourth-order valence-corrected chi connectivity index (χ4v) is 2.54. The van der Waals surface area contributed by atoms with E-state index >= 15 is 0 Å². The molecule has 0 aromatic heterocycles. The zero-order valence-electron chi connectivity index (χ0n) is 10.4. The van der Waals surface area contributed by atoms with Gasteiger partial charge in [-0.15, -0.1) is 11.8 Å². The second-order valence-corrected chi connectivity index (χ2v) is 5.04. The Morgan fingerprint density at radius 2 is 2.28 bits per heavy atom. The molecule has 98 valence electrons. The highest BCUT2D eigenvalue weighted by atomic mass is 35.5.